The summed E-state index contributed by atoms with van der Waals surface area (Å²) >= 11 is 1.28. The Balaban J connectivity index is 1.52. The van der Waals surface area contributed by atoms with Gasteiger partial charge in [0.1, 0.15) is 6.54 Å². The molecule has 2 saturated heterocycles. The molecule has 0 aromatic heterocycles. The van der Waals surface area contributed by atoms with Gasteiger partial charge in [-0.25, -0.2) is 0 Å². The Kier molecular flexibility index (Phi) is 5.08. The highest BCUT2D eigenvalue weighted by atomic mass is 32.2. The number of hydrogen-bond acceptors (Lipinski definition) is 5. The van der Waals surface area contributed by atoms with Crippen LogP contribution < -0.4 is 4.90 Å². The molecule has 2 amide bonds. The summed E-state index contributed by atoms with van der Waals surface area (Å²) in [7, 11) is 0. The summed E-state index contributed by atoms with van der Waals surface area (Å²) in [6.07, 6.45) is 0. The van der Waals surface area contributed by atoms with E-state index in [0.29, 0.717) is 25.2 Å². The second kappa shape index (κ2) is 7.25. The Morgan fingerprint density at radius 1 is 1.04 bits per heavy atom. The number of carbonyl (C=O) groups excluding carboxylic acids is 3. The lowest BCUT2D eigenvalue weighted by atomic mass is 10.1. The van der Waals surface area contributed by atoms with Gasteiger partial charge in [-0.05, 0) is 31.2 Å². The number of anilines is 1. The molecule has 2 aliphatic heterocycles. The number of thioether (sulfide) groups is 1. The van der Waals surface area contributed by atoms with Crippen LogP contribution in [-0.4, -0.2) is 71.8 Å². The second-order valence-electron chi connectivity index (χ2n) is 6.01. The number of amides is 2. The summed E-state index contributed by atoms with van der Waals surface area (Å²) in [6.45, 7) is 5.24. The number of ketones is 1. The predicted octanol–water partition coefficient (Wildman–Crippen LogP) is 1.71. The summed E-state index contributed by atoms with van der Waals surface area (Å²) in [4.78, 5) is 40.9. The van der Waals surface area contributed by atoms with Crippen molar-refractivity contribution in [3.05, 3.63) is 29.8 Å². The number of carbonyl (C=O) groups is 3. The minimum absolute atomic E-state index is 0.00699. The number of rotatable bonds is 4. The molecule has 2 aliphatic rings. The van der Waals surface area contributed by atoms with E-state index in [0.717, 1.165) is 24.5 Å². The smallest absolute Gasteiger partial charge is 0.282 e. The van der Waals surface area contributed by atoms with Gasteiger partial charge in [-0.15, -0.1) is 0 Å². The van der Waals surface area contributed by atoms with Gasteiger partial charge < -0.3 is 14.7 Å². The van der Waals surface area contributed by atoms with Crippen molar-refractivity contribution in [1.29, 1.82) is 0 Å². The molecule has 0 radical (unpaired) electrons. The first-order chi connectivity index (χ1) is 11.5. The van der Waals surface area contributed by atoms with Crippen molar-refractivity contribution in [3.63, 3.8) is 0 Å². The lowest BCUT2D eigenvalue weighted by molar-refractivity contribution is -0.131. The van der Waals surface area contributed by atoms with Gasteiger partial charge in [-0.2, -0.15) is 0 Å². The first-order valence-corrected chi connectivity index (χ1v) is 9.08. The van der Waals surface area contributed by atoms with Gasteiger partial charge >= 0.3 is 0 Å². The Morgan fingerprint density at radius 3 is 2.25 bits per heavy atom. The maximum Gasteiger partial charge on any atom is 0.282 e. The van der Waals surface area contributed by atoms with E-state index in [4.69, 9.17) is 0 Å². The lowest BCUT2D eigenvalue weighted by Crippen LogP contribution is -2.51. The molecule has 0 saturated carbocycles. The van der Waals surface area contributed by atoms with Gasteiger partial charge in [0.15, 0.2) is 5.78 Å². The van der Waals surface area contributed by atoms with Crippen LogP contribution in [0.25, 0.3) is 0 Å². The topological polar surface area (TPSA) is 60.9 Å². The third-order valence-electron chi connectivity index (χ3n) is 4.44. The number of Topliss-reactive ketones (excluding diaryl/α,β-unsaturated/α-hetero) is 1. The van der Waals surface area contributed by atoms with Gasteiger partial charge in [0.05, 0.1) is 0 Å². The van der Waals surface area contributed by atoms with Crippen LogP contribution in [0.5, 0.6) is 0 Å². The maximum absolute atomic E-state index is 12.3. The molecule has 0 atom stereocenters. The zero-order valence-electron chi connectivity index (χ0n) is 13.7. The van der Waals surface area contributed by atoms with E-state index in [2.05, 4.69) is 4.90 Å². The Bertz CT molecular complexity index is 639. The molecule has 6 nitrogen and oxygen atoms in total. The van der Waals surface area contributed by atoms with Crippen LogP contribution in [0.1, 0.15) is 17.3 Å². The predicted molar refractivity (Wildman–Crippen MR) is 94.7 cm³/mol. The van der Waals surface area contributed by atoms with Gasteiger partial charge in [0.2, 0.25) is 5.91 Å². The first kappa shape index (κ1) is 16.8. The molecular weight excluding hydrogens is 326 g/mol. The van der Waals surface area contributed by atoms with Gasteiger partial charge in [-0.3, -0.25) is 14.4 Å². The normalized spacial score (nSPS) is 18.2. The van der Waals surface area contributed by atoms with E-state index < -0.39 is 0 Å². The number of piperazine rings is 1. The van der Waals surface area contributed by atoms with Crippen molar-refractivity contribution in [2.45, 2.75) is 6.92 Å². The van der Waals surface area contributed by atoms with E-state index in [1.807, 2.05) is 29.2 Å². The standard InChI is InChI=1S/C17H21N3O3S/c1-13(21)14-2-4-15(5-3-14)18-6-8-19(9-7-18)16(22)12-20-10-11-24-17(20)23/h2-5H,6-12H2,1H3. The Labute approximate surface area is 145 Å². The summed E-state index contributed by atoms with van der Waals surface area (Å²) < 4.78 is 0. The molecule has 7 heteroatoms. The van der Waals surface area contributed by atoms with E-state index >= 15 is 0 Å². The molecule has 0 N–H and O–H groups in total. The molecule has 1 aromatic rings. The molecule has 24 heavy (non-hydrogen) atoms. The Morgan fingerprint density at radius 2 is 1.71 bits per heavy atom. The van der Waals surface area contributed by atoms with E-state index in [-0.39, 0.29) is 23.5 Å². The van der Waals surface area contributed by atoms with Gasteiger partial charge in [0.25, 0.3) is 5.24 Å². The molecule has 0 bridgehead atoms. The third-order valence-corrected chi connectivity index (χ3v) is 5.33. The molecule has 128 valence electrons. The van der Waals surface area contributed by atoms with Crippen LogP contribution >= 0.6 is 11.8 Å². The first-order valence-electron chi connectivity index (χ1n) is 8.10. The quantitative estimate of drug-likeness (QED) is 0.776. The number of nitrogens with zero attached hydrogens (tertiary/aromatic N) is 3. The van der Waals surface area contributed by atoms with Crippen molar-refractivity contribution in [2.75, 3.05) is 49.9 Å². The third kappa shape index (κ3) is 3.72. The minimum atomic E-state index is 0.00699. The maximum atomic E-state index is 12.3. The highest BCUT2D eigenvalue weighted by Gasteiger charge is 2.27. The van der Waals surface area contributed by atoms with E-state index in [1.165, 1.54) is 11.8 Å². The molecule has 0 spiro atoms. The SMILES string of the molecule is CC(=O)c1ccc(N2CCN(C(=O)CN3CCSC3=O)CC2)cc1. The summed E-state index contributed by atoms with van der Waals surface area (Å²) in [5, 5.41) is 0.00699. The number of benzene rings is 1. The van der Waals surface area contributed by atoms with Crippen molar-refractivity contribution in [1.82, 2.24) is 9.80 Å². The molecule has 2 heterocycles. The average Bonchev–Trinajstić information content (AvgIpc) is 3.00. The highest BCUT2D eigenvalue weighted by molar-refractivity contribution is 8.13. The monoisotopic (exact) mass is 347 g/mol. The summed E-state index contributed by atoms with van der Waals surface area (Å²) in [5.74, 6) is 0.861. The van der Waals surface area contributed by atoms with Crippen LogP contribution in [0.4, 0.5) is 10.5 Å². The minimum Gasteiger partial charge on any atom is -0.368 e. The van der Waals surface area contributed by atoms with Crippen molar-refractivity contribution in [2.24, 2.45) is 0 Å². The zero-order chi connectivity index (χ0) is 17.1. The van der Waals surface area contributed by atoms with Crippen LogP contribution in [-0.2, 0) is 4.79 Å². The lowest BCUT2D eigenvalue weighted by Gasteiger charge is -2.36. The van der Waals surface area contributed by atoms with E-state index in [1.54, 1.807) is 11.8 Å². The molecule has 0 unspecified atom stereocenters. The molecule has 3 rings (SSSR count). The van der Waals surface area contributed by atoms with Gasteiger partial charge in [0, 0.05) is 49.7 Å². The van der Waals surface area contributed by atoms with Crippen LogP contribution in [0.2, 0.25) is 0 Å². The zero-order valence-corrected chi connectivity index (χ0v) is 14.6. The summed E-state index contributed by atoms with van der Waals surface area (Å²) in [5.41, 5.74) is 1.78. The van der Waals surface area contributed by atoms with Crippen LogP contribution in [0.15, 0.2) is 24.3 Å². The van der Waals surface area contributed by atoms with Gasteiger partial charge in [-0.1, -0.05) is 11.8 Å². The number of hydrogen-bond donors (Lipinski definition) is 0. The fraction of sp³-hybridized carbons (Fsp3) is 0.471. The molecular formula is C17H21N3O3S. The molecule has 1 aromatic carbocycles. The average molecular weight is 347 g/mol. The van der Waals surface area contributed by atoms with E-state index in [9.17, 15) is 14.4 Å². The van der Waals surface area contributed by atoms with Crippen molar-refractivity contribution in [3.8, 4) is 0 Å². The van der Waals surface area contributed by atoms with Crippen LogP contribution in [0, 0.1) is 0 Å². The molecule has 0 aliphatic carbocycles. The highest BCUT2D eigenvalue weighted by Crippen LogP contribution is 2.19. The summed E-state index contributed by atoms with van der Waals surface area (Å²) in [6, 6.07) is 7.58. The fourth-order valence-corrected chi connectivity index (χ4v) is 3.78. The fourth-order valence-electron chi connectivity index (χ4n) is 2.95. The second-order valence-corrected chi connectivity index (χ2v) is 7.05. The van der Waals surface area contributed by atoms with Crippen molar-refractivity contribution >= 4 is 34.4 Å². The Hall–Kier alpha value is -2.02. The largest absolute Gasteiger partial charge is 0.368 e. The van der Waals surface area contributed by atoms with Crippen molar-refractivity contribution < 1.29 is 14.4 Å². The molecule has 2 fully saturated rings. The van der Waals surface area contributed by atoms with Crippen LogP contribution in [0.3, 0.4) is 0 Å².